The van der Waals surface area contributed by atoms with E-state index in [-0.39, 0.29) is 18.4 Å². The average molecular weight is 318 g/mol. The van der Waals surface area contributed by atoms with Gasteiger partial charge in [-0.15, -0.1) is 0 Å². The molecule has 1 aromatic carbocycles. The minimum absolute atomic E-state index is 0.134. The number of hydrogen-bond acceptors (Lipinski definition) is 5. The lowest BCUT2D eigenvalue weighted by atomic mass is 9.88. The Kier molecular flexibility index (Phi) is 5.05. The molecule has 0 fully saturated rings. The standard InChI is InChI=1S/C17H22N2O4/c1-11(2)17(3,10-18)19-15(20)9-22-13-6-4-12-5-7-16(21)23-14(12)8-13/h4-8,11H,9-10,18H2,1-3H3,(H,19,20). The highest BCUT2D eigenvalue weighted by molar-refractivity contribution is 5.79. The van der Waals surface area contributed by atoms with Crippen molar-refractivity contribution in [2.75, 3.05) is 13.2 Å². The lowest BCUT2D eigenvalue weighted by Gasteiger charge is -2.33. The Morgan fingerprint density at radius 1 is 1.35 bits per heavy atom. The van der Waals surface area contributed by atoms with E-state index in [1.165, 1.54) is 6.07 Å². The molecule has 124 valence electrons. The van der Waals surface area contributed by atoms with Crippen molar-refractivity contribution in [3.8, 4) is 5.75 Å². The Labute approximate surface area is 134 Å². The molecule has 0 saturated heterocycles. The first-order chi connectivity index (χ1) is 10.8. The molecule has 0 saturated carbocycles. The molecule has 1 aromatic heterocycles. The highest BCUT2D eigenvalue weighted by Crippen LogP contribution is 2.19. The van der Waals surface area contributed by atoms with Gasteiger partial charge in [0.1, 0.15) is 11.3 Å². The summed E-state index contributed by atoms with van der Waals surface area (Å²) in [5, 5.41) is 3.69. The molecule has 2 aromatic rings. The Morgan fingerprint density at radius 3 is 2.70 bits per heavy atom. The van der Waals surface area contributed by atoms with E-state index in [0.717, 1.165) is 5.39 Å². The quantitative estimate of drug-likeness (QED) is 0.790. The van der Waals surface area contributed by atoms with Crippen LogP contribution >= 0.6 is 0 Å². The summed E-state index contributed by atoms with van der Waals surface area (Å²) in [4.78, 5) is 23.3. The summed E-state index contributed by atoms with van der Waals surface area (Å²) in [6, 6.07) is 8.11. The zero-order chi connectivity index (χ0) is 17.0. The van der Waals surface area contributed by atoms with E-state index in [1.54, 1.807) is 24.3 Å². The first kappa shape index (κ1) is 17.0. The monoisotopic (exact) mass is 318 g/mol. The van der Waals surface area contributed by atoms with Gasteiger partial charge < -0.3 is 20.2 Å². The summed E-state index contributed by atoms with van der Waals surface area (Å²) in [7, 11) is 0. The number of amides is 1. The number of carbonyl (C=O) groups excluding carboxylic acids is 1. The highest BCUT2D eigenvalue weighted by Gasteiger charge is 2.28. The van der Waals surface area contributed by atoms with E-state index in [4.69, 9.17) is 14.9 Å². The van der Waals surface area contributed by atoms with Crippen molar-refractivity contribution in [3.63, 3.8) is 0 Å². The van der Waals surface area contributed by atoms with Crippen LogP contribution in [0.5, 0.6) is 5.75 Å². The van der Waals surface area contributed by atoms with Crippen LogP contribution in [-0.2, 0) is 4.79 Å². The highest BCUT2D eigenvalue weighted by atomic mass is 16.5. The molecule has 2 rings (SSSR count). The Balaban J connectivity index is 2.03. The van der Waals surface area contributed by atoms with Crippen molar-refractivity contribution >= 4 is 16.9 Å². The fourth-order valence-corrected chi connectivity index (χ4v) is 2.07. The number of nitrogens with two attached hydrogens (primary N) is 1. The molecule has 1 heterocycles. The molecule has 0 bridgehead atoms. The second-order valence-electron chi connectivity index (χ2n) is 6.07. The summed E-state index contributed by atoms with van der Waals surface area (Å²) in [6.07, 6.45) is 0. The largest absolute Gasteiger partial charge is 0.484 e. The maximum absolute atomic E-state index is 12.0. The minimum Gasteiger partial charge on any atom is -0.484 e. The summed E-state index contributed by atoms with van der Waals surface area (Å²) >= 11 is 0. The molecule has 3 N–H and O–H groups in total. The SMILES string of the molecule is CC(C)C(C)(CN)NC(=O)COc1ccc2ccc(=O)oc2c1. The second-order valence-corrected chi connectivity index (χ2v) is 6.07. The van der Waals surface area contributed by atoms with Gasteiger partial charge in [-0.3, -0.25) is 4.79 Å². The summed E-state index contributed by atoms with van der Waals surface area (Å²) in [5.74, 6) is 0.411. The van der Waals surface area contributed by atoms with Crippen LogP contribution in [-0.4, -0.2) is 24.6 Å². The second kappa shape index (κ2) is 6.83. The molecule has 6 nitrogen and oxygen atoms in total. The van der Waals surface area contributed by atoms with Crippen LogP contribution in [0.3, 0.4) is 0 Å². The fraction of sp³-hybridized carbons (Fsp3) is 0.412. The minimum atomic E-state index is -0.476. The van der Waals surface area contributed by atoms with Gasteiger partial charge in [-0.2, -0.15) is 0 Å². The van der Waals surface area contributed by atoms with Gasteiger partial charge in [0.05, 0.1) is 5.54 Å². The number of carbonyl (C=O) groups is 1. The van der Waals surface area contributed by atoms with Crippen LogP contribution in [0.15, 0.2) is 39.5 Å². The molecule has 0 radical (unpaired) electrons. The smallest absolute Gasteiger partial charge is 0.336 e. The van der Waals surface area contributed by atoms with Crippen LogP contribution in [0, 0.1) is 5.92 Å². The van der Waals surface area contributed by atoms with Crippen LogP contribution in [0.1, 0.15) is 20.8 Å². The van der Waals surface area contributed by atoms with Gasteiger partial charge in [-0.25, -0.2) is 4.79 Å². The van der Waals surface area contributed by atoms with Crippen molar-refractivity contribution in [1.82, 2.24) is 5.32 Å². The molecule has 0 aliphatic heterocycles. The van der Waals surface area contributed by atoms with E-state index < -0.39 is 11.2 Å². The lowest BCUT2D eigenvalue weighted by molar-refractivity contribution is -0.125. The molecule has 0 aliphatic rings. The zero-order valence-electron chi connectivity index (χ0n) is 13.6. The van der Waals surface area contributed by atoms with Crippen molar-refractivity contribution in [2.45, 2.75) is 26.3 Å². The molecule has 6 heteroatoms. The molecular weight excluding hydrogens is 296 g/mol. The first-order valence-electron chi connectivity index (χ1n) is 7.52. The number of rotatable bonds is 6. The topological polar surface area (TPSA) is 94.6 Å². The molecule has 1 unspecified atom stereocenters. The van der Waals surface area contributed by atoms with E-state index in [1.807, 2.05) is 20.8 Å². The van der Waals surface area contributed by atoms with Crippen LogP contribution in [0.2, 0.25) is 0 Å². The third-order valence-electron chi connectivity index (χ3n) is 4.09. The van der Waals surface area contributed by atoms with Gasteiger partial charge in [-0.1, -0.05) is 13.8 Å². The molecule has 0 spiro atoms. The fourth-order valence-electron chi connectivity index (χ4n) is 2.07. The third-order valence-corrected chi connectivity index (χ3v) is 4.09. The molecule has 1 atom stereocenters. The van der Waals surface area contributed by atoms with Gasteiger partial charge in [0.2, 0.25) is 0 Å². The molecular formula is C17H22N2O4. The first-order valence-corrected chi connectivity index (χ1v) is 7.52. The van der Waals surface area contributed by atoms with E-state index in [9.17, 15) is 9.59 Å². The van der Waals surface area contributed by atoms with Crippen molar-refractivity contribution in [2.24, 2.45) is 11.7 Å². The van der Waals surface area contributed by atoms with Crippen molar-refractivity contribution < 1.29 is 13.9 Å². The maximum atomic E-state index is 12.0. The number of nitrogens with one attached hydrogen (secondary N) is 1. The Bertz CT molecular complexity index is 754. The number of fused-ring (bicyclic) bond motifs is 1. The van der Waals surface area contributed by atoms with Gasteiger partial charge in [0.15, 0.2) is 6.61 Å². The van der Waals surface area contributed by atoms with E-state index in [0.29, 0.717) is 17.9 Å². The predicted octanol–water partition coefficient (Wildman–Crippen LogP) is 1.66. The third kappa shape index (κ3) is 4.10. The van der Waals surface area contributed by atoms with Gasteiger partial charge in [-0.05, 0) is 31.0 Å². The molecule has 1 amide bonds. The molecule has 23 heavy (non-hydrogen) atoms. The Morgan fingerprint density at radius 2 is 2.04 bits per heavy atom. The van der Waals surface area contributed by atoms with Crippen molar-refractivity contribution in [3.05, 3.63) is 40.8 Å². The predicted molar refractivity (Wildman–Crippen MR) is 88.4 cm³/mol. The van der Waals surface area contributed by atoms with E-state index >= 15 is 0 Å². The number of ether oxygens (including phenoxy) is 1. The van der Waals surface area contributed by atoms with Gasteiger partial charge >= 0.3 is 5.63 Å². The Hall–Kier alpha value is -2.34. The zero-order valence-corrected chi connectivity index (χ0v) is 13.6. The summed E-state index contributed by atoms with van der Waals surface area (Å²) < 4.78 is 10.6. The van der Waals surface area contributed by atoms with Gasteiger partial charge in [0, 0.05) is 24.1 Å². The summed E-state index contributed by atoms with van der Waals surface area (Å²) in [6.45, 7) is 6.11. The maximum Gasteiger partial charge on any atom is 0.336 e. The van der Waals surface area contributed by atoms with Crippen LogP contribution in [0.4, 0.5) is 0 Å². The summed E-state index contributed by atoms with van der Waals surface area (Å²) in [5.41, 5.74) is 5.26. The van der Waals surface area contributed by atoms with Crippen LogP contribution in [0.25, 0.3) is 11.0 Å². The van der Waals surface area contributed by atoms with Crippen molar-refractivity contribution in [1.29, 1.82) is 0 Å². The van der Waals surface area contributed by atoms with Gasteiger partial charge in [0.25, 0.3) is 5.91 Å². The average Bonchev–Trinajstić information content (AvgIpc) is 2.52. The molecule has 0 aliphatic carbocycles. The van der Waals surface area contributed by atoms with Crippen LogP contribution < -0.4 is 21.4 Å². The number of benzene rings is 1. The lowest BCUT2D eigenvalue weighted by Crippen LogP contribution is -2.56. The normalized spacial score (nSPS) is 13.8. The van der Waals surface area contributed by atoms with E-state index in [2.05, 4.69) is 5.32 Å². The number of hydrogen-bond donors (Lipinski definition) is 2.